The molecule has 0 atom stereocenters. The molecular formula is C17H15BrN2O. The van der Waals surface area contributed by atoms with Crippen molar-refractivity contribution in [2.75, 3.05) is 13.6 Å². The van der Waals surface area contributed by atoms with Gasteiger partial charge in [-0.05, 0) is 36.9 Å². The first-order valence-electron chi connectivity index (χ1n) is 6.55. The summed E-state index contributed by atoms with van der Waals surface area (Å²) in [6, 6.07) is 16.9. The van der Waals surface area contributed by atoms with E-state index in [0.717, 1.165) is 10.0 Å². The van der Waals surface area contributed by atoms with Gasteiger partial charge in [-0.3, -0.25) is 9.69 Å². The first-order valence-corrected chi connectivity index (χ1v) is 7.34. The summed E-state index contributed by atoms with van der Waals surface area (Å²) in [4.78, 5) is 14.1. The maximum Gasteiger partial charge on any atom is 0.176 e. The van der Waals surface area contributed by atoms with Crippen molar-refractivity contribution in [1.82, 2.24) is 4.90 Å². The van der Waals surface area contributed by atoms with E-state index in [-0.39, 0.29) is 5.78 Å². The quantitative estimate of drug-likeness (QED) is 0.779. The number of benzene rings is 2. The minimum atomic E-state index is 0.0847. The molecule has 0 aliphatic heterocycles. The van der Waals surface area contributed by atoms with Crippen LogP contribution in [0.4, 0.5) is 0 Å². The van der Waals surface area contributed by atoms with E-state index in [1.807, 2.05) is 54.4 Å². The first-order chi connectivity index (χ1) is 10.1. The maximum atomic E-state index is 12.2. The normalized spacial score (nSPS) is 10.4. The van der Waals surface area contributed by atoms with E-state index >= 15 is 0 Å². The zero-order valence-electron chi connectivity index (χ0n) is 11.7. The Labute approximate surface area is 132 Å². The highest BCUT2D eigenvalue weighted by molar-refractivity contribution is 9.10. The third kappa shape index (κ3) is 4.52. The monoisotopic (exact) mass is 342 g/mol. The van der Waals surface area contributed by atoms with Crippen molar-refractivity contribution in [3.05, 3.63) is 69.7 Å². The molecule has 0 aliphatic carbocycles. The molecule has 106 valence electrons. The summed E-state index contributed by atoms with van der Waals surface area (Å²) < 4.78 is 0.959. The minimum absolute atomic E-state index is 0.0847. The molecule has 2 aromatic rings. The molecule has 0 heterocycles. The Morgan fingerprint density at radius 1 is 1.24 bits per heavy atom. The lowest BCUT2D eigenvalue weighted by molar-refractivity contribution is 0.0943. The molecule has 2 aromatic carbocycles. The number of rotatable bonds is 5. The zero-order chi connectivity index (χ0) is 15.2. The third-order valence-electron chi connectivity index (χ3n) is 3.09. The Hall–Kier alpha value is -1.96. The smallest absolute Gasteiger partial charge is 0.176 e. The number of likely N-dealkylation sites (N-methyl/N-ethyl adjacent to an activating group) is 1. The number of nitrogens with zero attached hydrogens (tertiary/aromatic N) is 2. The number of hydrogen-bond donors (Lipinski definition) is 0. The van der Waals surface area contributed by atoms with Gasteiger partial charge in [0, 0.05) is 16.6 Å². The molecule has 0 saturated carbocycles. The van der Waals surface area contributed by atoms with Crippen molar-refractivity contribution >= 4 is 21.7 Å². The van der Waals surface area contributed by atoms with Crippen LogP contribution in [0.15, 0.2) is 53.0 Å². The van der Waals surface area contributed by atoms with Gasteiger partial charge in [0.05, 0.1) is 18.2 Å². The van der Waals surface area contributed by atoms with Crippen LogP contribution in [0.1, 0.15) is 21.5 Å². The summed E-state index contributed by atoms with van der Waals surface area (Å²) >= 11 is 3.36. The first kappa shape index (κ1) is 15.4. The van der Waals surface area contributed by atoms with Crippen LogP contribution in [0.2, 0.25) is 0 Å². The highest BCUT2D eigenvalue weighted by Gasteiger charge is 2.10. The van der Waals surface area contributed by atoms with E-state index in [0.29, 0.717) is 24.2 Å². The molecule has 4 heteroatoms. The molecule has 21 heavy (non-hydrogen) atoms. The van der Waals surface area contributed by atoms with E-state index in [4.69, 9.17) is 5.26 Å². The maximum absolute atomic E-state index is 12.2. The molecular weight excluding hydrogens is 328 g/mol. The van der Waals surface area contributed by atoms with Crippen LogP contribution in [-0.2, 0) is 6.54 Å². The van der Waals surface area contributed by atoms with Crippen LogP contribution in [0.5, 0.6) is 0 Å². The van der Waals surface area contributed by atoms with Crippen molar-refractivity contribution in [2.24, 2.45) is 0 Å². The van der Waals surface area contributed by atoms with Gasteiger partial charge in [-0.15, -0.1) is 0 Å². The molecule has 3 nitrogen and oxygen atoms in total. The van der Waals surface area contributed by atoms with Crippen molar-refractivity contribution in [2.45, 2.75) is 6.54 Å². The second-order valence-electron chi connectivity index (χ2n) is 4.91. The fourth-order valence-electron chi connectivity index (χ4n) is 2.08. The van der Waals surface area contributed by atoms with Gasteiger partial charge in [0.2, 0.25) is 0 Å². The molecule has 0 bridgehead atoms. The van der Waals surface area contributed by atoms with Crippen molar-refractivity contribution in [1.29, 1.82) is 5.26 Å². The molecule has 0 aliphatic rings. The summed E-state index contributed by atoms with van der Waals surface area (Å²) in [7, 11) is 1.90. The second kappa shape index (κ2) is 7.16. The van der Waals surface area contributed by atoms with Crippen molar-refractivity contribution < 1.29 is 4.79 Å². The van der Waals surface area contributed by atoms with Gasteiger partial charge in [0.25, 0.3) is 0 Å². The third-order valence-corrected chi connectivity index (χ3v) is 3.62. The van der Waals surface area contributed by atoms with Crippen molar-refractivity contribution in [3.8, 4) is 6.07 Å². The molecule has 0 amide bonds. The van der Waals surface area contributed by atoms with E-state index in [2.05, 4.69) is 22.0 Å². The molecule has 0 saturated heterocycles. The molecule has 0 fully saturated rings. The fourth-order valence-corrected chi connectivity index (χ4v) is 2.34. The summed E-state index contributed by atoms with van der Waals surface area (Å²) in [5.74, 6) is 0.0847. The van der Waals surface area contributed by atoms with Crippen LogP contribution >= 0.6 is 15.9 Å². The zero-order valence-corrected chi connectivity index (χ0v) is 13.3. The number of hydrogen-bond acceptors (Lipinski definition) is 3. The van der Waals surface area contributed by atoms with Gasteiger partial charge in [0.1, 0.15) is 0 Å². The predicted molar refractivity (Wildman–Crippen MR) is 86.0 cm³/mol. The largest absolute Gasteiger partial charge is 0.295 e. The Bertz CT molecular complexity index is 674. The van der Waals surface area contributed by atoms with E-state index < -0.39 is 0 Å². The Morgan fingerprint density at radius 3 is 2.62 bits per heavy atom. The highest BCUT2D eigenvalue weighted by Crippen LogP contribution is 2.12. The lowest BCUT2D eigenvalue weighted by atomic mass is 10.1. The van der Waals surface area contributed by atoms with Crippen LogP contribution in [-0.4, -0.2) is 24.3 Å². The number of halogens is 1. The Morgan fingerprint density at radius 2 is 1.95 bits per heavy atom. The number of carbonyl (C=O) groups excluding carboxylic acids is 1. The summed E-state index contributed by atoms with van der Waals surface area (Å²) in [6.07, 6.45) is 0. The van der Waals surface area contributed by atoms with E-state index in [1.54, 1.807) is 6.07 Å². The number of ketones is 1. The number of Topliss-reactive ketones (excluding diaryl/α,β-unsaturated/α-hetero) is 1. The summed E-state index contributed by atoms with van der Waals surface area (Å²) in [5, 5.41) is 8.89. The topological polar surface area (TPSA) is 44.1 Å². The van der Waals surface area contributed by atoms with Gasteiger partial charge in [0.15, 0.2) is 5.78 Å². The lowest BCUT2D eigenvalue weighted by Gasteiger charge is -2.16. The molecule has 0 unspecified atom stereocenters. The van der Waals surface area contributed by atoms with Crippen molar-refractivity contribution in [3.63, 3.8) is 0 Å². The van der Waals surface area contributed by atoms with Gasteiger partial charge >= 0.3 is 0 Å². The van der Waals surface area contributed by atoms with Crippen LogP contribution < -0.4 is 0 Å². The average Bonchev–Trinajstić information content (AvgIpc) is 2.47. The molecule has 0 N–H and O–H groups in total. The second-order valence-corrected chi connectivity index (χ2v) is 5.83. The minimum Gasteiger partial charge on any atom is -0.295 e. The Kier molecular flexibility index (Phi) is 5.26. The van der Waals surface area contributed by atoms with Crippen LogP contribution in [0.25, 0.3) is 0 Å². The van der Waals surface area contributed by atoms with E-state index in [9.17, 15) is 4.79 Å². The fraction of sp³-hybridized carbons (Fsp3) is 0.176. The molecule has 0 radical (unpaired) electrons. The summed E-state index contributed by atoms with van der Waals surface area (Å²) in [5.41, 5.74) is 2.37. The molecule has 0 aromatic heterocycles. The predicted octanol–water partition coefficient (Wildman–Crippen LogP) is 3.64. The SMILES string of the molecule is CN(CC(=O)c1ccc(Br)cc1)Cc1cccc(C#N)c1. The standard InChI is InChI=1S/C17H15BrN2O/c1-20(11-14-4-2-3-13(9-14)10-19)12-17(21)15-5-7-16(18)8-6-15/h2-9H,11-12H2,1H3. The molecule has 0 spiro atoms. The van der Waals surface area contributed by atoms with Gasteiger partial charge in [-0.2, -0.15) is 5.26 Å². The van der Waals surface area contributed by atoms with Crippen LogP contribution in [0, 0.1) is 11.3 Å². The Balaban J connectivity index is 1.98. The van der Waals surface area contributed by atoms with Gasteiger partial charge in [-0.1, -0.05) is 40.2 Å². The van der Waals surface area contributed by atoms with E-state index in [1.165, 1.54) is 0 Å². The lowest BCUT2D eigenvalue weighted by Crippen LogP contribution is -2.25. The number of nitriles is 1. The van der Waals surface area contributed by atoms with Gasteiger partial charge < -0.3 is 0 Å². The van der Waals surface area contributed by atoms with Crippen LogP contribution in [0.3, 0.4) is 0 Å². The van der Waals surface area contributed by atoms with Gasteiger partial charge in [-0.25, -0.2) is 0 Å². The highest BCUT2D eigenvalue weighted by atomic mass is 79.9. The number of carbonyl (C=O) groups is 1. The molecule has 2 rings (SSSR count). The summed E-state index contributed by atoms with van der Waals surface area (Å²) in [6.45, 7) is 0.982. The average molecular weight is 343 g/mol.